The van der Waals surface area contributed by atoms with Crippen molar-refractivity contribution in [3.05, 3.63) is 23.4 Å². The van der Waals surface area contributed by atoms with Crippen molar-refractivity contribution in [2.24, 2.45) is 0 Å². The second-order valence-electron chi connectivity index (χ2n) is 4.26. The number of hydrogen-bond acceptors (Lipinski definition) is 8. The number of nitrogens with one attached hydrogen (secondary N) is 1. The van der Waals surface area contributed by atoms with Crippen LogP contribution in [0.3, 0.4) is 0 Å². The number of hydrazine groups is 1. The number of aromatic nitrogens is 2. The molecule has 0 saturated carbocycles. The molecular weight excluding hydrogens is 308 g/mol. The molecule has 0 bridgehead atoms. The van der Waals surface area contributed by atoms with E-state index < -0.39 is 17.8 Å². The first-order valence-electron chi connectivity index (χ1n) is 6.39. The van der Waals surface area contributed by atoms with Crippen LogP contribution in [-0.4, -0.2) is 45.6 Å². The Morgan fingerprint density at radius 2 is 2.18 bits per heavy atom. The van der Waals surface area contributed by atoms with Gasteiger partial charge in [0, 0.05) is 17.8 Å². The van der Waals surface area contributed by atoms with Crippen molar-refractivity contribution >= 4 is 35.4 Å². The van der Waals surface area contributed by atoms with Crippen LogP contribution < -0.4 is 5.43 Å². The van der Waals surface area contributed by atoms with Crippen LogP contribution in [0.1, 0.15) is 24.2 Å². The van der Waals surface area contributed by atoms with E-state index in [1.54, 1.807) is 13.2 Å². The molecule has 22 heavy (non-hydrogen) atoms. The molecule has 2 amide bonds. The summed E-state index contributed by atoms with van der Waals surface area (Å²) in [6.07, 6.45) is 4.27. The predicted octanol–water partition coefficient (Wildman–Crippen LogP) is 1.02. The number of imide groups is 1. The molecule has 1 aromatic rings. The number of rotatable bonds is 5. The van der Waals surface area contributed by atoms with E-state index in [4.69, 9.17) is 4.74 Å². The average molecular weight is 322 g/mol. The number of hydrogen-bond donors (Lipinski definition) is 1. The molecule has 0 unspecified atom stereocenters. The van der Waals surface area contributed by atoms with Crippen LogP contribution in [0.4, 0.5) is 5.82 Å². The van der Waals surface area contributed by atoms with E-state index in [0.717, 1.165) is 5.01 Å². The predicted molar refractivity (Wildman–Crippen MR) is 79.0 cm³/mol. The van der Waals surface area contributed by atoms with Gasteiger partial charge < -0.3 is 4.74 Å². The number of ether oxygens (including phenoxy) is 1. The number of nitrogens with zero attached hydrogens (tertiary/aromatic N) is 3. The Balaban J connectivity index is 2.34. The number of carbonyl (C=O) groups is 3. The summed E-state index contributed by atoms with van der Waals surface area (Å²) in [5.41, 5.74) is 2.92. The average Bonchev–Trinajstić information content (AvgIpc) is 2.73. The summed E-state index contributed by atoms with van der Waals surface area (Å²) < 4.78 is 4.91. The van der Waals surface area contributed by atoms with Crippen LogP contribution in [0.5, 0.6) is 0 Å². The van der Waals surface area contributed by atoms with Gasteiger partial charge in [0.05, 0.1) is 6.61 Å². The van der Waals surface area contributed by atoms with Crippen molar-refractivity contribution in [3.8, 4) is 0 Å². The summed E-state index contributed by atoms with van der Waals surface area (Å²) in [7, 11) is 0. The molecule has 0 aliphatic carbocycles. The molecule has 0 aromatic carbocycles. The molecular formula is C13H14N4O4S. The van der Waals surface area contributed by atoms with Crippen LogP contribution in [-0.2, 0) is 14.3 Å². The molecule has 1 N–H and O–H groups in total. The number of esters is 1. The first-order valence-corrected chi connectivity index (χ1v) is 7.62. The van der Waals surface area contributed by atoms with E-state index in [0.29, 0.717) is 10.7 Å². The lowest BCUT2D eigenvalue weighted by Gasteiger charge is -2.18. The van der Waals surface area contributed by atoms with E-state index >= 15 is 0 Å². The van der Waals surface area contributed by atoms with Crippen molar-refractivity contribution in [2.45, 2.75) is 19.0 Å². The summed E-state index contributed by atoms with van der Waals surface area (Å²) in [5, 5.41) is 1.18. The Morgan fingerprint density at radius 1 is 1.45 bits per heavy atom. The second kappa shape index (κ2) is 6.56. The fraction of sp³-hybridized carbons (Fsp3) is 0.308. The standard InChI is InChI=1S/C13H14N4O4S/c1-4-21-12(20)8-6-14-13(22-3)15-10(8)16-17-9(18)5-7(2)11(17)19/h5-6H,4H2,1-3H3,(H,14,15,16). The smallest absolute Gasteiger partial charge is 0.343 e. The molecule has 2 rings (SSSR count). The van der Waals surface area contributed by atoms with Gasteiger partial charge in [-0.25, -0.2) is 14.8 Å². The molecule has 2 heterocycles. The number of amides is 2. The zero-order valence-electron chi connectivity index (χ0n) is 12.2. The fourth-order valence-electron chi connectivity index (χ4n) is 1.71. The minimum Gasteiger partial charge on any atom is -0.462 e. The third kappa shape index (κ3) is 3.08. The second-order valence-corrected chi connectivity index (χ2v) is 5.03. The van der Waals surface area contributed by atoms with Crippen LogP contribution in [0.2, 0.25) is 0 Å². The van der Waals surface area contributed by atoms with Gasteiger partial charge in [0.15, 0.2) is 11.0 Å². The Bertz CT molecular complexity index is 674. The molecule has 1 aromatic heterocycles. The van der Waals surface area contributed by atoms with Crippen molar-refractivity contribution in [2.75, 3.05) is 18.3 Å². The van der Waals surface area contributed by atoms with Gasteiger partial charge in [0.2, 0.25) is 0 Å². The highest BCUT2D eigenvalue weighted by molar-refractivity contribution is 7.98. The maximum absolute atomic E-state index is 11.9. The van der Waals surface area contributed by atoms with Crippen LogP contribution in [0.15, 0.2) is 23.0 Å². The molecule has 0 fully saturated rings. The lowest BCUT2D eigenvalue weighted by atomic mass is 10.3. The fourth-order valence-corrected chi connectivity index (χ4v) is 2.05. The van der Waals surface area contributed by atoms with Gasteiger partial charge in [-0.15, -0.1) is 0 Å². The Morgan fingerprint density at radius 3 is 2.73 bits per heavy atom. The molecule has 116 valence electrons. The largest absolute Gasteiger partial charge is 0.462 e. The lowest BCUT2D eigenvalue weighted by molar-refractivity contribution is -0.135. The minimum atomic E-state index is -0.638. The van der Waals surface area contributed by atoms with Gasteiger partial charge in [-0.3, -0.25) is 15.0 Å². The number of carbonyl (C=O) groups excluding carboxylic acids is 3. The minimum absolute atomic E-state index is 0.0441. The number of anilines is 1. The molecule has 1 aliphatic rings. The van der Waals surface area contributed by atoms with Crippen LogP contribution in [0.25, 0.3) is 0 Å². The van der Waals surface area contributed by atoms with Gasteiger partial charge in [-0.1, -0.05) is 11.8 Å². The van der Waals surface area contributed by atoms with Crippen molar-refractivity contribution in [1.82, 2.24) is 15.0 Å². The highest BCUT2D eigenvalue weighted by Gasteiger charge is 2.30. The molecule has 0 saturated heterocycles. The molecule has 0 atom stereocenters. The summed E-state index contributed by atoms with van der Waals surface area (Å²) in [5.74, 6) is -1.62. The maximum Gasteiger partial charge on any atom is 0.343 e. The molecule has 1 aliphatic heterocycles. The maximum atomic E-state index is 11.9. The summed E-state index contributed by atoms with van der Waals surface area (Å²) in [6, 6.07) is 0. The summed E-state index contributed by atoms with van der Waals surface area (Å²) >= 11 is 1.26. The van der Waals surface area contributed by atoms with Gasteiger partial charge in [-0.05, 0) is 20.1 Å². The Labute approximate surface area is 130 Å². The van der Waals surface area contributed by atoms with E-state index in [1.165, 1.54) is 31.0 Å². The van der Waals surface area contributed by atoms with Crippen LogP contribution >= 0.6 is 11.8 Å². The molecule has 0 spiro atoms. The SMILES string of the molecule is CCOC(=O)c1cnc(SC)nc1NN1C(=O)C=C(C)C1=O. The van der Waals surface area contributed by atoms with E-state index in [1.807, 2.05) is 0 Å². The van der Waals surface area contributed by atoms with E-state index in [-0.39, 0.29) is 18.0 Å². The van der Waals surface area contributed by atoms with Crippen molar-refractivity contribution in [3.63, 3.8) is 0 Å². The first-order chi connectivity index (χ1) is 10.5. The van der Waals surface area contributed by atoms with Gasteiger partial charge in [0.25, 0.3) is 11.8 Å². The summed E-state index contributed by atoms with van der Waals surface area (Å²) in [4.78, 5) is 43.7. The van der Waals surface area contributed by atoms with Gasteiger partial charge in [0.1, 0.15) is 5.56 Å². The third-order valence-corrected chi connectivity index (χ3v) is 3.32. The topological polar surface area (TPSA) is 101 Å². The normalized spacial score (nSPS) is 14.1. The van der Waals surface area contributed by atoms with Crippen molar-refractivity contribution < 1.29 is 19.1 Å². The Kier molecular flexibility index (Phi) is 4.76. The van der Waals surface area contributed by atoms with Gasteiger partial charge in [-0.2, -0.15) is 5.01 Å². The van der Waals surface area contributed by atoms with Crippen molar-refractivity contribution in [1.29, 1.82) is 0 Å². The Hall–Kier alpha value is -2.42. The number of thioether (sulfide) groups is 1. The van der Waals surface area contributed by atoms with Crippen LogP contribution in [0, 0.1) is 0 Å². The van der Waals surface area contributed by atoms with Gasteiger partial charge >= 0.3 is 5.97 Å². The highest BCUT2D eigenvalue weighted by atomic mass is 32.2. The molecule has 0 radical (unpaired) electrons. The van der Waals surface area contributed by atoms with E-state index in [2.05, 4.69) is 15.4 Å². The zero-order valence-corrected chi connectivity index (χ0v) is 13.1. The highest BCUT2D eigenvalue weighted by Crippen LogP contribution is 2.20. The monoisotopic (exact) mass is 322 g/mol. The zero-order chi connectivity index (χ0) is 16.3. The lowest BCUT2D eigenvalue weighted by Crippen LogP contribution is -2.37. The first kappa shape index (κ1) is 16.0. The molecule has 9 heteroatoms. The van der Waals surface area contributed by atoms with E-state index in [9.17, 15) is 14.4 Å². The quantitative estimate of drug-likeness (QED) is 0.371. The summed E-state index contributed by atoms with van der Waals surface area (Å²) in [6.45, 7) is 3.38. The molecule has 8 nitrogen and oxygen atoms in total. The third-order valence-electron chi connectivity index (χ3n) is 2.76.